The molecule has 1 aromatic heterocycles. The number of carbonyl (C=O) groups is 1. The predicted octanol–water partition coefficient (Wildman–Crippen LogP) is 0.370. The molecule has 0 fully saturated rings. The largest absolute Gasteiger partial charge is 0.384 e. The average molecular weight is 259 g/mol. The number of Topliss-reactive ketones (excluding diaryl/α,β-unsaturated/α-hetero) is 1. The van der Waals surface area contributed by atoms with E-state index in [0.29, 0.717) is 0 Å². The molecule has 0 amide bonds. The maximum atomic E-state index is 11.8. The van der Waals surface area contributed by atoms with Crippen molar-refractivity contribution in [1.82, 2.24) is 9.55 Å². The number of nitrogens with zero attached hydrogens (tertiary/aromatic N) is 1. The van der Waals surface area contributed by atoms with Crippen molar-refractivity contribution in [2.75, 3.05) is 5.73 Å². The highest BCUT2D eigenvalue weighted by molar-refractivity contribution is 5.97. The number of anilines is 1. The Labute approximate surface area is 108 Å². The maximum Gasteiger partial charge on any atom is 0.330 e. The summed E-state index contributed by atoms with van der Waals surface area (Å²) < 4.78 is 1.17. The number of H-pyrrole nitrogens is 1. The van der Waals surface area contributed by atoms with E-state index in [4.69, 9.17) is 5.73 Å². The van der Waals surface area contributed by atoms with E-state index in [2.05, 4.69) is 4.98 Å². The van der Waals surface area contributed by atoms with Crippen LogP contribution in [0.15, 0.2) is 39.9 Å². The molecule has 0 radical (unpaired) electrons. The summed E-state index contributed by atoms with van der Waals surface area (Å²) >= 11 is 0. The highest BCUT2D eigenvalue weighted by Gasteiger charge is 2.15. The van der Waals surface area contributed by atoms with Crippen molar-refractivity contribution in [3.8, 4) is 0 Å². The van der Waals surface area contributed by atoms with Crippen LogP contribution in [0.2, 0.25) is 0 Å². The summed E-state index contributed by atoms with van der Waals surface area (Å²) in [5.74, 6) is -0.578. The Morgan fingerprint density at radius 2 is 1.89 bits per heavy atom. The van der Waals surface area contributed by atoms with Crippen LogP contribution in [0.25, 0.3) is 0 Å². The Morgan fingerprint density at radius 3 is 2.47 bits per heavy atom. The molecule has 2 aromatic rings. The van der Waals surface area contributed by atoms with E-state index in [1.807, 2.05) is 30.3 Å². The minimum Gasteiger partial charge on any atom is -0.384 e. The first kappa shape index (κ1) is 12.8. The molecule has 3 N–H and O–H groups in total. The van der Waals surface area contributed by atoms with Crippen molar-refractivity contribution in [2.45, 2.75) is 13.5 Å². The van der Waals surface area contributed by atoms with Crippen LogP contribution >= 0.6 is 0 Å². The van der Waals surface area contributed by atoms with Crippen LogP contribution in [0, 0.1) is 0 Å². The number of rotatable bonds is 3. The van der Waals surface area contributed by atoms with Gasteiger partial charge < -0.3 is 5.73 Å². The Balaban J connectivity index is 2.58. The second-order valence-corrected chi connectivity index (χ2v) is 4.15. The van der Waals surface area contributed by atoms with E-state index in [1.165, 1.54) is 11.5 Å². The number of nitrogens with one attached hydrogen (secondary N) is 1. The fraction of sp³-hybridized carbons (Fsp3) is 0.154. The second kappa shape index (κ2) is 4.93. The molecule has 0 unspecified atom stereocenters. The van der Waals surface area contributed by atoms with Crippen LogP contribution in [0.5, 0.6) is 0 Å². The molecule has 0 spiro atoms. The number of benzene rings is 1. The number of carbonyl (C=O) groups excluding carboxylic acids is 1. The molecule has 6 heteroatoms. The third-order valence-corrected chi connectivity index (χ3v) is 2.78. The molecule has 0 atom stereocenters. The number of nitrogens with two attached hydrogens (primary N) is 1. The molecule has 0 aliphatic carbocycles. The van der Waals surface area contributed by atoms with Crippen molar-refractivity contribution in [3.05, 3.63) is 62.3 Å². The molecule has 98 valence electrons. The molecular formula is C13H13N3O3. The first-order valence-corrected chi connectivity index (χ1v) is 5.68. The average Bonchev–Trinajstić information content (AvgIpc) is 2.35. The lowest BCUT2D eigenvalue weighted by Gasteiger charge is -2.11. The molecule has 0 aliphatic rings. The van der Waals surface area contributed by atoms with E-state index in [0.717, 1.165) is 5.56 Å². The molecule has 1 aromatic carbocycles. The molecule has 6 nitrogen and oxygen atoms in total. The molecule has 19 heavy (non-hydrogen) atoms. The van der Waals surface area contributed by atoms with Crippen molar-refractivity contribution in [3.63, 3.8) is 0 Å². The predicted molar refractivity (Wildman–Crippen MR) is 71.3 cm³/mol. The summed E-state index contributed by atoms with van der Waals surface area (Å²) in [4.78, 5) is 36.8. The van der Waals surface area contributed by atoms with Crippen LogP contribution < -0.4 is 17.0 Å². The van der Waals surface area contributed by atoms with Crippen LogP contribution in [0.1, 0.15) is 22.8 Å². The summed E-state index contributed by atoms with van der Waals surface area (Å²) in [5, 5.41) is 0. The van der Waals surface area contributed by atoms with E-state index >= 15 is 0 Å². The first-order chi connectivity index (χ1) is 9.00. The number of ketones is 1. The summed E-state index contributed by atoms with van der Waals surface area (Å²) in [5.41, 5.74) is 5.04. The van der Waals surface area contributed by atoms with E-state index < -0.39 is 17.0 Å². The van der Waals surface area contributed by atoms with Crippen molar-refractivity contribution >= 4 is 11.6 Å². The van der Waals surface area contributed by atoms with E-state index in [1.54, 1.807) is 0 Å². The van der Waals surface area contributed by atoms with Crippen molar-refractivity contribution < 1.29 is 4.79 Å². The monoisotopic (exact) mass is 259 g/mol. The van der Waals surface area contributed by atoms with Gasteiger partial charge in [-0.05, 0) is 12.5 Å². The van der Waals surface area contributed by atoms with Gasteiger partial charge in [-0.15, -0.1) is 0 Å². The van der Waals surface area contributed by atoms with Gasteiger partial charge in [0, 0.05) is 0 Å². The van der Waals surface area contributed by atoms with Gasteiger partial charge in [-0.1, -0.05) is 30.3 Å². The zero-order valence-electron chi connectivity index (χ0n) is 10.3. The number of hydrogen-bond acceptors (Lipinski definition) is 4. The van der Waals surface area contributed by atoms with Gasteiger partial charge in [-0.25, -0.2) is 4.79 Å². The fourth-order valence-corrected chi connectivity index (χ4v) is 1.85. The van der Waals surface area contributed by atoms with Crippen LogP contribution in [0.3, 0.4) is 0 Å². The lowest BCUT2D eigenvalue weighted by molar-refractivity contribution is 0.101. The number of nitrogen functional groups attached to an aromatic ring is 1. The molecule has 0 bridgehead atoms. The zero-order chi connectivity index (χ0) is 14.0. The van der Waals surface area contributed by atoms with Crippen molar-refractivity contribution in [1.29, 1.82) is 0 Å². The third-order valence-electron chi connectivity index (χ3n) is 2.78. The minimum atomic E-state index is -0.751. The number of aromatic amines is 1. The summed E-state index contributed by atoms with van der Waals surface area (Å²) in [6.45, 7) is 1.43. The molecule has 0 aliphatic heterocycles. The van der Waals surface area contributed by atoms with Crippen LogP contribution in [0.4, 0.5) is 5.82 Å². The Bertz CT molecular complexity index is 729. The first-order valence-electron chi connectivity index (χ1n) is 5.68. The van der Waals surface area contributed by atoms with Gasteiger partial charge in [0.2, 0.25) is 0 Å². The highest BCUT2D eigenvalue weighted by atomic mass is 16.2. The fourth-order valence-electron chi connectivity index (χ4n) is 1.85. The van der Waals surface area contributed by atoms with Gasteiger partial charge in [-0.3, -0.25) is 19.1 Å². The van der Waals surface area contributed by atoms with Gasteiger partial charge in [0.25, 0.3) is 5.56 Å². The molecule has 0 saturated heterocycles. The van der Waals surface area contributed by atoms with Gasteiger partial charge in [0.15, 0.2) is 5.78 Å². The summed E-state index contributed by atoms with van der Waals surface area (Å²) in [6.07, 6.45) is 0. The molecule has 2 rings (SSSR count). The minimum absolute atomic E-state index is 0.106. The van der Waals surface area contributed by atoms with E-state index in [-0.39, 0.29) is 17.9 Å². The molecular weight excluding hydrogens is 246 g/mol. The highest BCUT2D eigenvalue weighted by Crippen LogP contribution is 2.08. The topological polar surface area (TPSA) is 97.9 Å². The third kappa shape index (κ3) is 2.47. The van der Waals surface area contributed by atoms with Crippen LogP contribution in [-0.4, -0.2) is 15.3 Å². The standard InChI is InChI=1S/C13H13N3O3/c1-8(17)10-11(14)16(13(19)15-12(10)18)7-9-5-3-2-4-6-9/h2-6H,7,14H2,1H3,(H,15,18,19). The van der Waals surface area contributed by atoms with Gasteiger partial charge in [-0.2, -0.15) is 0 Å². The number of aromatic nitrogens is 2. The van der Waals surface area contributed by atoms with Crippen molar-refractivity contribution in [2.24, 2.45) is 0 Å². The maximum absolute atomic E-state index is 11.8. The molecule has 1 heterocycles. The van der Waals surface area contributed by atoms with Gasteiger partial charge in [0.1, 0.15) is 11.4 Å². The quantitative estimate of drug-likeness (QED) is 0.778. The van der Waals surface area contributed by atoms with E-state index in [9.17, 15) is 14.4 Å². The number of hydrogen-bond donors (Lipinski definition) is 2. The second-order valence-electron chi connectivity index (χ2n) is 4.15. The summed E-state index contributed by atoms with van der Waals surface area (Å²) in [7, 11) is 0. The zero-order valence-corrected chi connectivity index (χ0v) is 10.3. The normalized spacial score (nSPS) is 10.4. The summed E-state index contributed by atoms with van der Waals surface area (Å²) in [6, 6.07) is 9.15. The van der Waals surface area contributed by atoms with Gasteiger partial charge in [0.05, 0.1) is 6.54 Å². The smallest absolute Gasteiger partial charge is 0.330 e. The lowest BCUT2D eigenvalue weighted by atomic mass is 10.2. The Kier molecular flexibility index (Phi) is 3.33. The van der Waals surface area contributed by atoms with Gasteiger partial charge >= 0.3 is 5.69 Å². The Morgan fingerprint density at radius 1 is 1.26 bits per heavy atom. The SMILES string of the molecule is CC(=O)c1c(N)n(Cc2ccccc2)c(=O)[nH]c1=O. The molecule has 0 saturated carbocycles. The van der Waals surface area contributed by atoms with Crippen LogP contribution in [-0.2, 0) is 6.54 Å². The lowest BCUT2D eigenvalue weighted by Crippen LogP contribution is -2.36. The Hall–Kier alpha value is -2.63.